The van der Waals surface area contributed by atoms with Crippen LogP contribution >= 0.6 is 0 Å². The van der Waals surface area contributed by atoms with Crippen molar-refractivity contribution in [3.8, 4) is 11.5 Å². The van der Waals surface area contributed by atoms with Crippen LogP contribution in [-0.2, 0) is 24.0 Å². The van der Waals surface area contributed by atoms with E-state index in [0.717, 1.165) is 11.3 Å². The highest BCUT2D eigenvalue weighted by atomic mass is 32.2. The van der Waals surface area contributed by atoms with Crippen LogP contribution in [0.2, 0.25) is 0 Å². The minimum atomic E-state index is -1.50. The summed E-state index contributed by atoms with van der Waals surface area (Å²) >= 11 is 0. The molecule has 0 aliphatic carbocycles. The Kier molecular flexibility index (Phi) is 5.06. The summed E-state index contributed by atoms with van der Waals surface area (Å²) in [5, 5.41) is 11.1. The van der Waals surface area contributed by atoms with Crippen molar-refractivity contribution < 1.29 is 18.6 Å². The van der Waals surface area contributed by atoms with Gasteiger partial charge in [-0.15, -0.1) is 0 Å². The van der Waals surface area contributed by atoms with Crippen LogP contribution < -0.4 is 9.47 Å². The molecule has 0 fully saturated rings. The summed E-state index contributed by atoms with van der Waals surface area (Å²) in [6, 6.07) is 17.1. The zero-order chi connectivity index (χ0) is 20.4. The molecule has 2 aromatic carbocycles. The molecular formula is C20H19N3O5S. The van der Waals surface area contributed by atoms with Crippen molar-refractivity contribution in [1.29, 1.82) is 0 Å². The van der Waals surface area contributed by atoms with Crippen LogP contribution in [0.5, 0.6) is 11.5 Å². The van der Waals surface area contributed by atoms with Gasteiger partial charge in [-0.1, -0.05) is 30.3 Å². The molecule has 2 heterocycles. The number of nitrogens with zero attached hydrogens (tertiary/aromatic N) is 3. The SMILES string of the molecule is CC1(COc2ccc(OCc3ccccc3)cc2)Cn2cc([N+](=O)[O-])nc2S1=O. The Morgan fingerprint density at radius 2 is 1.79 bits per heavy atom. The van der Waals surface area contributed by atoms with E-state index in [0.29, 0.717) is 18.9 Å². The minimum Gasteiger partial charge on any atom is -0.492 e. The lowest BCUT2D eigenvalue weighted by Crippen LogP contribution is -2.36. The molecule has 4 rings (SSSR count). The van der Waals surface area contributed by atoms with E-state index in [1.54, 1.807) is 16.7 Å². The molecule has 0 amide bonds. The third-order valence-electron chi connectivity index (χ3n) is 4.65. The fraction of sp³-hybridized carbons (Fsp3) is 0.250. The van der Waals surface area contributed by atoms with Crippen molar-refractivity contribution in [3.63, 3.8) is 0 Å². The maximum Gasteiger partial charge on any atom is 0.383 e. The van der Waals surface area contributed by atoms with Gasteiger partial charge in [0.05, 0.1) is 0 Å². The maximum atomic E-state index is 12.8. The molecule has 0 saturated carbocycles. The molecule has 2 atom stereocenters. The zero-order valence-corrected chi connectivity index (χ0v) is 16.5. The van der Waals surface area contributed by atoms with Crippen molar-refractivity contribution >= 4 is 16.6 Å². The summed E-state index contributed by atoms with van der Waals surface area (Å²) in [6.45, 7) is 2.84. The van der Waals surface area contributed by atoms with Gasteiger partial charge < -0.3 is 19.6 Å². The van der Waals surface area contributed by atoms with Crippen molar-refractivity contribution in [2.45, 2.75) is 30.0 Å². The van der Waals surface area contributed by atoms with Crippen LogP contribution in [-0.4, -0.2) is 30.0 Å². The number of benzene rings is 2. The van der Waals surface area contributed by atoms with Gasteiger partial charge in [-0.3, -0.25) is 4.57 Å². The first-order chi connectivity index (χ1) is 13.9. The van der Waals surface area contributed by atoms with Crippen LogP contribution in [0.1, 0.15) is 12.5 Å². The van der Waals surface area contributed by atoms with E-state index >= 15 is 0 Å². The maximum absolute atomic E-state index is 12.8. The molecule has 0 spiro atoms. The highest BCUT2D eigenvalue weighted by Crippen LogP contribution is 2.33. The Bertz CT molecular complexity index is 1050. The predicted octanol–water partition coefficient (Wildman–Crippen LogP) is 3.33. The van der Waals surface area contributed by atoms with Crippen LogP contribution in [0.3, 0.4) is 0 Å². The molecule has 29 heavy (non-hydrogen) atoms. The van der Waals surface area contributed by atoms with Gasteiger partial charge in [0.25, 0.3) is 0 Å². The van der Waals surface area contributed by atoms with Crippen molar-refractivity contribution in [3.05, 3.63) is 76.5 Å². The number of aromatic nitrogens is 2. The fourth-order valence-electron chi connectivity index (χ4n) is 3.08. The summed E-state index contributed by atoms with van der Waals surface area (Å²) in [6.07, 6.45) is 1.32. The van der Waals surface area contributed by atoms with Gasteiger partial charge in [0.1, 0.15) is 46.5 Å². The van der Waals surface area contributed by atoms with E-state index in [2.05, 4.69) is 4.98 Å². The highest BCUT2D eigenvalue weighted by Gasteiger charge is 2.46. The van der Waals surface area contributed by atoms with Crippen LogP contribution in [0.25, 0.3) is 0 Å². The number of nitro groups is 1. The van der Waals surface area contributed by atoms with Gasteiger partial charge in [0.2, 0.25) is 0 Å². The first-order valence-corrected chi connectivity index (χ1v) is 10.1. The quantitative estimate of drug-likeness (QED) is 0.435. The van der Waals surface area contributed by atoms with E-state index in [9.17, 15) is 14.3 Å². The van der Waals surface area contributed by atoms with Crippen LogP contribution in [0, 0.1) is 10.1 Å². The van der Waals surface area contributed by atoms with E-state index in [-0.39, 0.29) is 17.6 Å². The second-order valence-electron chi connectivity index (χ2n) is 7.02. The van der Waals surface area contributed by atoms with Gasteiger partial charge in [-0.25, -0.2) is 4.21 Å². The van der Waals surface area contributed by atoms with E-state index in [4.69, 9.17) is 9.47 Å². The molecule has 1 aliphatic rings. The smallest absolute Gasteiger partial charge is 0.383 e. The Hall–Kier alpha value is -3.20. The zero-order valence-electron chi connectivity index (χ0n) is 15.7. The summed E-state index contributed by atoms with van der Waals surface area (Å²) < 4.78 is 25.2. The van der Waals surface area contributed by atoms with Gasteiger partial charge in [0.15, 0.2) is 0 Å². The molecule has 0 bridgehead atoms. The lowest BCUT2D eigenvalue weighted by atomic mass is 10.2. The normalized spacial score (nSPS) is 20.2. The summed E-state index contributed by atoms with van der Waals surface area (Å²) in [4.78, 5) is 14.1. The summed E-state index contributed by atoms with van der Waals surface area (Å²) in [7, 11) is -1.50. The van der Waals surface area contributed by atoms with Gasteiger partial charge >= 0.3 is 11.0 Å². The second kappa shape index (κ2) is 7.67. The molecule has 8 nitrogen and oxygen atoms in total. The molecule has 1 aromatic heterocycles. The van der Waals surface area contributed by atoms with Crippen molar-refractivity contribution in [1.82, 2.24) is 9.55 Å². The first-order valence-electron chi connectivity index (χ1n) is 8.98. The monoisotopic (exact) mass is 413 g/mol. The molecule has 2 unspecified atom stereocenters. The number of hydrogen-bond donors (Lipinski definition) is 0. The highest BCUT2D eigenvalue weighted by molar-refractivity contribution is 7.86. The van der Waals surface area contributed by atoms with E-state index in [1.165, 1.54) is 6.20 Å². The minimum absolute atomic E-state index is 0.195. The topological polar surface area (TPSA) is 96.5 Å². The Morgan fingerprint density at radius 3 is 2.41 bits per heavy atom. The molecule has 9 heteroatoms. The summed E-state index contributed by atoms with van der Waals surface area (Å²) in [5.41, 5.74) is 1.09. The van der Waals surface area contributed by atoms with Crippen LogP contribution in [0.4, 0.5) is 5.82 Å². The molecule has 3 aromatic rings. The predicted molar refractivity (Wildman–Crippen MR) is 106 cm³/mol. The molecule has 0 saturated heterocycles. The molecular weight excluding hydrogens is 394 g/mol. The molecule has 0 radical (unpaired) electrons. The number of imidazole rings is 1. The number of fused-ring (bicyclic) bond motifs is 1. The number of ether oxygens (including phenoxy) is 2. The average molecular weight is 413 g/mol. The van der Waals surface area contributed by atoms with Crippen molar-refractivity contribution in [2.75, 3.05) is 6.61 Å². The van der Waals surface area contributed by atoms with E-state index in [1.807, 2.05) is 49.4 Å². The van der Waals surface area contributed by atoms with Gasteiger partial charge in [0, 0.05) is 6.54 Å². The number of hydrogen-bond acceptors (Lipinski definition) is 6. The Morgan fingerprint density at radius 1 is 1.14 bits per heavy atom. The largest absolute Gasteiger partial charge is 0.492 e. The Balaban J connectivity index is 1.34. The fourth-order valence-corrected chi connectivity index (χ4v) is 4.45. The van der Waals surface area contributed by atoms with Gasteiger partial charge in [-0.05, 0) is 46.7 Å². The van der Waals surface area contributed by atoms with Crippen molar-refractivity contribution in [2.24, 2.45) is 0 Å². The second-order valence-corrected chi connectivity index (χ2v) is 8.91. The standard InChI is InChI=1S/C20H19N3O5S/c1-20(13-22-11-18(23(24)25)21-19(22)29(20)26)14-28-17-9-7-16(8-10-17)27-12-15-5-3-2-4-6-15/h2-11H,12-14H2,1H3. The third-order valence-corrected chi connectivity index (χ3v) is 6.45. The first kappa shape index (κ1) is 19.1. The molecule has 0 N–H and O–H groups in total. The molecule has 150 valence electrons. The van der Waals surface area contributed by atoms with Crippen LogP contribution in [0.15, 0.2) is 66.0 Å². The van der Waals surface area contributed by atoms with Gasteiger partial charge in [-0.2, -0.15) is 0 Å². The lowest BCUT2D eigenvalue weighted by molar-refractivity contribution is -0.389. The van der Waals surface area contributed by atoms with E-state index < -0.39 is 20.5 Å². The lowest BCUT2D eigenvalue weighted by Gasteiger charge is -2.21. The summed E-state index contributed by atoms with van der Waals surface area (Å²) in [5.74, 6) is 1.07. The third kappa shape index (κ3) is 4.00. The molecule has 1 aliphatic heterocycles. The average Bonchev–Trinajstić information content (AvgIpc) is 3.24. The number of rotatable bonds is 7. The Labute approximate surface area is 169 Å².